The van der Waals surface area contributed by atoms with Gasteiger partial charge in [-0.05, 0) is 112 Å². The molecular weight excluding hydrogens is 404 g/mol. The molecule has 4 saturated carbocycles. The molecule has 0 saturated heterocycles. The van der Waals surface area contributed by atoms with Gasteiger partial charge in [-0.3, -0.25) is 4.79 Å². The Balaban J connectivity index is 1.68. The summed E-state index contributed by atoms with van der Waals surface area (Å²) in [7, 11) is -3.21. The van der Waals surface area contributed by atoms with E-state index in [1.807, 2.05) is 0 Å². The summed E-state index contributed by atoms with van der Waals surface area (Å²) in [6.45, 7) is 19.2. The Hall–Kier alpha value is 0.0238. The zero-order chi connectivity index (χ0) is 22.1. The van der Waals surface area contributed by atoms with Crippen LogP contribution in [0.5, 0.6) is 0 Å². The average molecular weight is 451 g/mol. The summed E-state index contributed by atoms with van der Waals surface area (Å²) in [4.78, 5) is 12.4. The van der Waals surface area contributed by atoms with E-state index in [4.69, 9.17) is 8.85 Å². The van der Waals surface area contributed by atoms with Crippen LogP contribution in [-0.2, 0) is 13.6 Å². The van der Waals surface area contributed by atoms with Crippen LogP contribution in [0, 0.1) is 34.5 Å². The van der Waals surface area contributed by atoms with Crippen molar-refractivity contribution >= 4 is 22.4 Å². The van der Waals surface area contributed by atoms with Crippen molar-refractivity contribution in [1.29, 1.82) is 0 Å². The molecular formula is C25H46O3Si2. The summed E-state index contributed by atoms with van der Waals surface area (Å²) >= 11 is 0. The van der Waals surface area contributed by atoms with Crippen LogP contribution in [0.25, 0.3) is 0 Å². The predicted molar refractivity (Wildman–Crippen MR) is 129 cm³/mol. The second kappa shape index (κ2) is 7.53. The standard InChI is InChI=1S/C25H46O3Si2/c1-24-13-11-18(26)15-17(24)16-21(27-29(3,4)5)23-19-9-10-22(28-30(6,7)8)25(19,2)14-12-20(23)24/h17,19-23H,9-16H2,1-8H3/t17-,19-,20-,21+,22-,23-,24-,25-/m0/s1. The first kappa shape index (κ1) is 23.2. The topological polar surface area (TPSA) is 35.5 Å². The smallest absolute Gasteiger partial charge is 0.184 e. The quantitative estimate of drug-likeness (QED) is 0.450. The molecule has 5 heteroatoms. The normalized spacial score (nSPS) is 46.9. The second-order valence-electron chi connectivity index (χ2n) is 13.6. The molecule has 0 aliphatic heterocycles. The SMILES string of the molecule is C[C@]12CCC(=O)C[C@H]1C[C@@H](O[Si](C)(C)C)[C@@H]1[C@@H]2CC[C@]2(C)[C@@H](O[Si](C)(C)C)CC[C@@H]12. The van der Waals surface area contributed by atoms with Crippen LogP contribution < -0.4 is 0 Å². The molecule has 4 rings (SSSR count). The minimum absolute atomic E-state index is 0.302. The maximum absolute atomic E-state index is 12.4. The van der Waals surface area contributed by atoms with Gasteiger partial charge in [0, 0.05) is 18.9 Å². The Morgan fingerprint density at radius 3 is 2.10 bits per heavy atom. The van der Waals surface area contributed by atoms with Gasteiger partial charge in [-0.1, -0.05) is 13.8 Å². The molecule has 0 amide bonds. The number of hydrogen-bond acceptors (Lipinski definition) is 3. The molecule has 0 spiro atoms. The van der Waals surface area contributed by atoms with Crippen LogP contribution in [0.3, 0.4) is 0 Å². The largest absolute Gasteiger partial charge is 0.414 e. The maximum Gasteiger partial charge on any atom is 0.184 e. The summed E-state index contributed by atoms with van der Waals surface area (Å²) in [5.74, 6) is 3.11. The molecule has 0 unspecified atom stereocenters. The van der Waals surface area contributed by atoms with Crippen LogP contribution >= 0.6 is 0 Å². The van der Waals surface area contributed by atoms with E-state index < -0.39 is 16.6 Å². The summed E-state index contributed by atoms with van der Waals surface area (Å²) < 4.78 is 13.8. The summed E-state index contributed by atoms with van der Waals surface area (Å²) in [5.41, 5.74) is 0.632. The molecule has 0 aromatic rings. The summed E-state index contributed by atoms with van der Waals surface area (Å²) in [6, 6.07) is 0. The van der Waals surface area contributed by atoms with Crippen LogP contribution in [0.1, 0.15) is 65.2 Å². The molecule has 0 radical (unpaired) electrons. The van der Waals surface area contributed by atoms with E-state index in [0.717, 1.165) is 31.6 Å². The van der Waals surface area contributed by atoms with Crippen molar-refractivity contribution in [2.75, 3.05) is 0 Å². The van der Waals surface area contributed by atoms with E-state index in [0.29, 0.717) is 46.6 Å². The van der Waals surface area contributed by atoms with Gasteiger partial charge in [0.2, 0.25) is 0 Å². The zero-order valence-electron chi connectivity index (χ0n) is 20.8. The molecule has 0 aromatic carbocycles. The molecule has 0 aromatic heterocycles. The molecule has 4 aliphatic rings. The van der Waals surface area contributed by atoms with Gasteiger partial charge < -0.3 is 8.85 Å². The minimum atomic E-state index is -1.65. The van der Waals surface area contributed by atoms with Crippen molar-refractivity contribution in [2.45, 2.75) is 117 Å². The molecule has 30 heavy (non-hydrogen) atoms. The second-order valence-corrected chi connectivity index (χ2v) is 22.5. The third kappa shape index (κ3) is 4.06. The van der Waals surface area contributed by atoms with Crippen LogP contribution in [-0.4, -0.2) is 34.6 Å². The molecule has 172 valence electrons. The highest BCUT2D eigenvalue weighted by atomic mass is 28.4. The first-order chi connectivity index (χ1) is 13.7. The number of Topliss-reactive ketones (excluding diaryl/α,β-unsaturated/α-hetero) is 1. The molecule has 8 atom stereocenters. The van der Waals surface area contributed by atoms with Crippen molar-refractivity contribution < 1.29 is 13.6 Å². The van der Waals surface area contributed by atoms with Gasteiger partial charge in [-0.2, -0.15) is 0 Å². The van der Waals surface area contributed by atoms with Gasteiger partial charge in [0.05, 0.1) is 6.10 Å². The number of carbonyl (C=O) groups is 1. The van der Waals surface area contributed by atoms with Crippen LogP contribution in [0.4, 0.5) is 0 Å². The maximum atomic E-state index is 12.4. The first-order valence-electron chi connectivity index (χ1n) is 12.6. The minimum Gasteiger partial charge on any atom is -0.414 e. The number of rotatable bonds is 4. The number of ketones is 1. The lowest BCUT2D eigenvalue weighted by Crippen LogP contribution is -2.60. The fourth-order valence-electron chi connectivity index (χ4n) is 8.14. The third-order valence-electron chi connectivity index (χ3n) is 9.39. The Kier molecular flexibility index (Phi) is 5.82. The fourth-order valence-corrected chi connectivity index (χ4v) is 10.5. The van der Waals surface area contributed by atoms with E-state index in [9.17, 15) is 4.79 Å². The Morgan fingerprint density at radius 1 is 0.833 bits per heavy atom. The average Bonchev–Trinajstić information content (AvgIpc) is 2.90. The van der Waals surface area contributed by atoms with Crippen LogP contribution in [0.2, 0.25) is 39.3 Å². The van der Waals surface area contributed by atoms with Gasteiger partial charge in [0.15, 0.2) is 16.6 Å². The van der Waals surface area contributed by atoms with Gasteiger partial charge in [0.25, 0.3) is 0 Å². The molecule has 3 nitrogen and oxygen atoms in total. The number of hydrogen-bond donors (Lipinski definition) is 0. The lowest BCUT2D eigenvalue weighted by Gasteiger charge is -2.62. The van der Waals surface area contributed by atoms with Gasteiger partial charge in [0.1, 0.15) is 5.78 Å². The van der Waals surface area contributed by atoms with Crippen molar-refractivity contribution in [3.8, 4) is 0 Å². The zero-order valence-corrected chi connectivity index (χ0v) is 22.8. The highest BCUT2D eigenvalue weighted by molar-refractivity contribution is 6.70. The van der Waals surface area contributed by atoms with Crippen molar-refractivity contribution in [1.82, 2.24) is 0 Å². The lowest BCUT2D eigenvalue weighted by molar-refractivity contribution is -0.166. The molecule has 4 aliphatic carbocycles. The molecule has 4 fully saturated rings. The van der Waals surface area contributed by atoms with Crippen LogP contribution in [0.15, 0.2) is 0 Å². The van der Waals surface area contributed by atoms with E-state index in [2.05, 4.69) is 53.1 Å². The monoisotopic (exact) mass is 450 g/mol. The van der Waals surface area contributed by atoms with Gasteiger partial charge in [-0.25, -0.2) is 0 Å². The highest BCUT2D eigenvalue weighted by Crippen LogP contribution is 2.67. The Labute approximate surface area is 187 Å². The van der Waals surface area contributed by atoms with Crippen molar-refractivity contribution in [2.24, 2.45) is 34.5 Å². The van der Waals surface area contributed by atoms with E-state index in [-0.39, 0.29) is 0 Å². The molecule has 0 N–H and O–H groups in total. The third-order valence-corrected chi connectivity index (χ3v) is 11.4. The number of fused-ring (bicyclic) bond motifs is 5. The Morgan fingerprint density at radius 2 is 1.47 bits per heavy atom. The van der Waals surface area contributed by atoms with E-state index in [1.165, 1.54) is 25.7 Å². The van der Waals surface area contributed by atoms with E-state index >= 15 is 0 Å². The Bertz CT molecular complexity index is 681. The van der Waals surface area contributed by atoms with Gasteiger partial charge >= 0.3 is 0 Å². The summed E-state index contributed by atoms with van der Waals surface area (Å²) in [6.07, 6.45) is 9.73. The lowest BCUT2D eigenvalue weighted by atomic mass is 9.44. The highest BCUT2D eigenvalue weighted by Gasteiger charge is 2.63. The molecule has 0 bridgehead atoms. The first-order valence-corrected chi connectivity index (χ1v) is 19.4. The predicted octanol–water partition coefficient (Wildman–Crippen LogP) is 6.65. The fraction of sp³-hybridized carbons (Fsp3) is 0.960. The van der Waals surface area contributed by atoms with E-state index in [1.54, 1.807) is 0 Å². The van der Waals surface area contributed by atoms with Gasteiger partial charge in [-0.15, -0.1) is 0 Å². The number of carbonyl (C=O) groups excluding carboxylic acids is 1. The molecule has 0 heterocycles. The van der Waals surface area contributed by atoms with Crippen molar-refractivity contribution in [3.05, 3.63) is 0 Å². The van der Waals surface area contributed by atoms with Crippen molar-refractivity contribution in [3.63, 3.8) is 0 Å². The summed E-state index contributed by atoms with van der Waals surface area (Å²) in [5, 5.41) is 0.